The van der Waals surface area contributed by atoms with Crippen LogP contribution in [0.1, 0.15) is 122 Å². The Hall–Kier alpha value is -2.98. The highest BCUT2D eigenvalue weighted by Gasteiger charge is 2.15. The normalized spacial score (nSPS) is 12.2. The molecule has 2 unspecified atom stereocenters. The standard InChI is InChI=1S/C17H23NO.C11H16O.C6H14O.2C2H6/c1-5-6-16(14(3)19)8-7-13(2)15-9-11-17(18-4)12-10-15;1-9(2)5-6-11(8-12)7-10(3)4;1-5(7)6(2,3)4;2*1-2/h6-13,18H,5H2,1-4H3;5-8H,1-4H3;5,7H,1-4H3;2*1-2H3/b8-7-,16-6+;11-6+;;;. The van der Waals surface area contributed by atoms with E-state index in [0.717, 1.165) is 35.1 Å². The summed E-state index contributed by atoms with van der Waals surface area (Å²) in [5.41, 5.74) is 6.24. The molecule has 0 bridgehead atoms. The molecule has 0 fully saturated rings. The summed E-state index contributed by atoms with van der Waals surface area (Å²) in [5.74, 6) is 0.418. The third-order valence-corrected chi connectivity index (χ3v) is 5.57. The maximum Gasteiger partial charge on any atom is 0.159 e. The fraction of sp³-hybridized carbons (Fsp3) is 0.526. The number of aldehydes is 1. The SMILES string of the molecule is CC.CC.CC(C)=C/C=C(/C=O)C=C(C)C.CC(O)C(C)(C)C.CC/C=C(\C=C/C(C)c1ccc(NC)cc1)C(C)=O. The molecule has 0 aliphatic heterocycles. The zero-order valence-electron chi connectivity index (χ0n) is 30.0. The summed E-state index contributed by atoms with van der Waals surface area (Å²) >= 11 is 0. The van der Waals surface area contributed by atoms with Gasteiger partial charge in [-0.1, -0.05) is 122 Å². The van der Waals surface area contributed by atoms with E-state index in [2.05, 4.69) is 42.6 Å². The van der Waals surface area contributed by atoms with Gasteiger partial charge in [-0.15, -0.1) is 0 Å². The minimum absolute atomic E-state index is 0.0556. The van der Waals surface area contributed by atoms with Crippen LogP contribution in [0.25, 0.3) is 0 Å². The molecular formula is C38H65NO3. The molecule has 0 saturated heterocycles. The van der Waals surface area contributed by atoms with Crippen LogP contribution in [0.4, 0.5) is 5.69 Å². The highest BCUT2D eigenvalue weighted by Crippen LogP contribution is 2.20. The number of Topliss-reactive ketones (excluding diaryl/α,β-unsaturated/α-hetero) is 1. The van der Waals surface area contributed by atoms with Crippen LogP contribution in [0.15, 0.2) is 83.0 Å². The van der Waals surface area contributed by atoms with E-state index in [4.69, 9.17) is 5.11 Å². The average molecular weight is 584 g/mol. The van der Waals surface area contributed by atoms with E-state index in [1.165, 1.54) is 11.1 Å². The van der Waals surface area contributed by atoms with Gasteiger partial charge < -0.3 is 10.4 Å². The number of ketones is 1. The summed E-state index contributed by atoms with van der Waals surface area (Å²) in [4.78, 5) is 21.9. The zero-order chi connectivity index (χ0) is 33.9. The summed E-state index contributed by atoms with van der Waals surface area (Å²) in [6.45, 7) is 29.6. The quantitative estimate of drug-likeness (QED) is 0.172. The fourth-order valence-corrected chi connectivity index (χ4v) is 2.58. The molecule has 4 heteroatoms. The second-order valence-electron chi connectivity index (χ2n) is 10.9. The Morgan fingerprint density at radius 1 is 0.905 bits per heavy atom. The molecule has 4 nitrogen and oxygen atoms in total. The molecular weight excluding hydrogens is 518 g/mol. The van der Waals surface area contributed by atoms with Crippen molar-refractivity contribution in [3.63, 3.8) is 0 Å². The Kier molecular flexibility index (Phi) is 30.8. The van der Waals surface area contributed by atoms with Gasteiger partial charge in [-0.05, 0) is 77.0 Å². The predicted molar refractivity (Wildman–Crippen MR) is 189 cm³/mol. The number of carbonyl (C=O) groups is 2. The highest BCUT2D eigenvalue weighted by atomic mass is 16.3. The van der Waals surface area contributed by atoms with Gasteiger partial charge in [0.2, 0.25) is 0 Å². The van der Waals surface area contributed by atoms with Gasteiger partial charge in [0.15, 0.2) is 5.78 Å². The maximum atomic E-state index is 11.4. The summed E-state index contributed by atoms with van der Waals surface area (Å²) in [5, 5.41) is 12.0. The number of anilines is 1. The van der Waals surface area contributed by atoms with Gasteiger partial charge in [0.05, 0.1) is 6.10 Å². The van der Waals surface area contributed by atoms with Gasteiger partial charge in [-0.25, -0.2) is 0 Å². The van der Waals surface area contributed by atoms with E-state index < -0.39 is 0 Å². The molecule has 0 amide bonds. The fourth-order valence-electron chi connectivity index (χ4n) is 2.58. The molecule has 0 aliphatic carbocycles. The third kappa shape index (κ3) is 27.2. The van der Waals surface area contributed by atoms with Crippen molar-refractivity contribution >= 4 is 17.8 Å². The number of carbonyl (C=O) groups excluding carboxylic acids is 2. The summed E-state index contributed by atoms with van der Waals surface area (Å²) in [6.07, 6.45) is 13.2. The van der Waals surface area contributed by atoms with Crippen LogP contribution in [-0.2, 0) is 9.59 Å². The lowest BCUT2D eigenvalue weighted by atomic mass is 9.91. The molecule has 0 saturated carbocycles. The van der Waals surface area contributed by atoms with Gasteiger partial charge in [0.25, 0.3) is 0 Å². The lowest BCUT2D eigenvalue weighted by molar-refractivity contribution is -0.113. The van der Waals surface area contributed by atoms with Crippen LogP contribution in [0.2, 0.25) is 0 Å². The number of hydrogen-bond acceptors (Lipinski definition) is 4. The van der Waals surface area contributed by atoms with E-state index in [0.29, 0.717) is 5.92 Å². The molecule has 42 heavy (non-hydrogen) atoms. The van der Waals surface area contributed by atoms with Crippen molar-refractivity contribution in [2.24, 2.45) is 5.41 Å². The van der Waals surface area contributed by atoms with Crippen LogP contribution in [0, 0.1) is 5.41 Å². The number of aliphatic hydroxyl groups is 1. The summed E-state index contributed by atoms with van der Waals surface area (Å²) < 4.78 is 0. The van der Waals surface area contributed by atoms with E-state index in [9.17, 15) is 9.59 Å². The molecule has 0 radical (unpaired) electrons. The van der Waals surface area contributed by atoms with Crippen molar-refractivity contribution in [3.8, 4) is 0 Å². The van der Waals surface area contributed by atoms with Crippen molar-refractivity contribution in [3.05, 3.63) is 88.6 Å². The molecule has 0 spiro atoms. The van der Waals surface area contributed by atoms with Gasteiger partial charge in [-0.2, -0.15) is 0 Å². The first-order chi connectivity index (χ1) is 19.6. The Balaban J connectivity index is -0.000000269. The van der Waals surface area contributed by atoms with Gasteiger partial charge in [0, 0.05) is 23.9 Å². The number of rotatable bonds is 9. The van der Waals surface area contributed by atoms with Crippen LogP contribution < -0.4 is 5.32 Å². The van der Waals surface area contributed by atoms with E-state index >= 15 is 0 Å². The number of allylic oxidation sites excluding steroid dienone is 10. The van der Waals surface area contributed by atoms with Crippen LogP contribution in [0.5, 0.6) is 0 Å². The highest BCUT2D eigenvalue weighted by molar-refractivity contribution is 5.96. The Labute approximate surface area is 260 Å². The second kappa shape index (κ2) is 28.2. The molecule has 2 atom stereocenters. The largest absolute Gasteiger partial charge is 0.393 e. The summed E-state index contributed by atoms with van der Waals surface area (Å²) in [7, 11) is 1.91. The molecule has 1 aromatic carbocycles. The van der Waals surface area contributed by atoms with Crippen molar-refractivity contribution in [1.29, 1.82) is 0 Å². The van der Waals surface area contributed by atoms with Crippen molar-refractivity contribution < 1.29 is 14.7 Å². The van der Waals surface area contributed by atoms with Crippen LogP contribution in [0.3, 0.4) is 0 Å². The molecule has 240 valence electrons. The number of benzene rings is 1. The Bertz CT molecular complexity index is 974. The Morgan fingerprint density at radius 2 is 1.38 bits per heavy atom. The van der Waals surface area contributed by atoms with Gasteiger partial charge in [-0.3, -0.25) is 9.59 Å². The van der Waals surface area contributed by atoms with Crippen LogP contribution >= 0.6 is 0 Å². The predicted octanol–water partition coefficient (Wildman–Crippen LogP) is 10.8. The molecule has 1 aromatic rings. The number of nitrogens with one attached hydrogen (secondary N) is 1. The van der Waals surface area contributed by atoms with Crippen molar-refractivity contribution in [2.75, 3.05) is 12.4 Å². The third-order valence-electron chi connectivity index (χ3n) is 5.57. The second-order valence-corrected chi connectivity index (χ2v) is 10.9. The smallest absolute Gasteiger partial charge is 0.159 e. The summed E-state index contributed by atoms with van der Waals surface area (Å²) in [6, 6.07) is 8.34. The van der Waals surface area contributed by atoms with Gasteiger partial charge >= 0.3 is 0 Å². The maximum absolute atomic E-state index is 11.4. The zero-order valence-corrected chi connectivity index (χ0v) is 30.0. The monoisotopic (exact) mass is 583 g/mol. The van der Waals surface area contributed by atoms with Crippen LogP contribution in [-0.4, -0.2) is 30.3 Å². The molecule has 0 aliphatic rings. The number of hydrogen-bond donors (Lipinski definition) is 2. The first-order valence-corrected chi connectivity index (χ1v) is 15.4. The first-order valence-electron chi connectivity index (χ1n) is 15.4. The molecule has 0 aromatic heterocycles. The van der Waals surface area contributed by atoms with Crippen molar-refractivity contribution in [1.82, 2.24) is 0 Å². The topological polar surface area (TPSA) is 66.4 Å². The molecule has 0 heterocycles. The van der Waals surface area contributed by atoms with Crippen molar-refractivity contribution in [2.45, 2.75) is 122 Å². The molecule has 2 N–H and O–H groups in total. The number of aliphatic hydroxyl groups excluding tert-OH is 1. The van der Waals surface area contributed by atoms with E-state index in [1.807, 2.05) is 121 Å². The minimum Gasteiger partial charge on any atom is -0.393 e. The lowest BCUT2D eigenvalue weighted by Crippen LogP contribution is -2.21. The lowest BCUT2D eigenvalue weighted by Gasteiger charge is -2.21. The van der Waals surface area contributed by atoms with E-state index in [-0.39, 0.29) is 17.3 Å². The minimum atomic E-state index is -0.201. The Morgan fingerprint density at radius 3 is 1.69 bits per heavy atom. The average Bonchev–Trinajstić information content (AvgIpc) is 2.95. The van der Waals surface area contributed by atoms with E-state index in [1.54, 1.807) is 13.8 Å². The van der Waals surface area contributed by atoms with Gasteiger partial charge in [0.1, 0.15) is 6.29 Å². The molecule has 1 rings (SSSR count). The first kappa shape index (κ1) is 46.0.